The van der Waals surface area contributed by atoms with Crippen LogP contribution in [0.2, 0.25) is 0 Å². The van der Waals surface area contributed by atoms with Crippen LogP contribution >= 0.6 is 11.3 Å². The number of unbranched alkanes of at least 4 members (excludes halogenated alkanes) is 1. The van der Waals surface area contributed by atoms with Gasteiger partial charge in [-0.3, -0.25) is 4.79 Å². The van der Waals surface area contributed by atoms with E-state index >= 15 is 0 Å². The number of carbonyl (C=O) groups is 2. The molecule has 0 unspecified atom stereocenters. The molecule has 1 aromatic rings. The summed E-state index contributed by atoms with van der Waals surface area (Å²) in [6.07, 6.45) is 5.26. The van der Waals surface area contributed by atoms with E-state index in [1.54, 1.807) is 11.3 Å². The number of nitrogens with one attached hydrogen (secondary N) is 1. The number of hydrogen-bond acceptors (Lipinski definition) is 4. The van der Waals surface area contributed by atoms with E-state index in [-0.39, 0.29) is 17.3 Å². The number of esters is 1. The highest BCUT2D eigenvalue weighted by molar-refractivity contribution is 7.17. The first-order chi connectivity index (χ1) is 11.8. The van der Waals surface area contributed by atoms with Crippen LogP contribution < -0.4 is 5.32 Å². The highest BCUT2D eigenvalue weighted by Crippen LogP contribution is 2.44. The summed E-state index contributed by atoms with van der Waals surface area (Å²) in [7, 11) is 0. The minimum Gasteiger partial charge on any atom is -0.462 e. The maximum atomic E-state index is 12.5. The highest BCUT2D eigenvalue weighted by atomic mass is 32.1. The van der Waals surface area contributed by atoms with Crippen LogP contribution in [0.25, 0.3) is 0 Å². The van der Waals surface area contributed by atoms with E-state index in [1.165, 1.54) is 4.88 Å². The van der Waals surface area contributed by atoms with Crippen molar-refractivity contribution in [1.29, 1.82) is 0 Å². The Kier molecular flexibility index (Phi) is 6.66. The van der Waals surface area contributed by atoms with Crippen LogP contribution in [0.5, 0.6) is 0 Å². The van der Waals surface area contributed by atoms with Crippen LogP contribution in [0, 0.1) is 11.3 Å². The van der Waals surface area contributed by atoms with Gasteiger partial charge in [-0.25, -0.2) is 4.79 Å². The number of thiophene rings is 1. The molecular formula is C20H31NO3S. The molecule has 1 aliphatic carbocycles. The van der Waals surface area contributed by atoms with Crippen molar-refractivity contribution in [1.82, 2.24) is 0 Å². The molecule has 1 aliphatic rings. The van der Waals surface area contributed by atoms with E-state index in [9.17, 15) is 9.59 Å². The van der Waals surface area contributed by atoms with Gasteiger partial charge in [-0.2, -0.15) is 0 Å². The molecule has 0 radical (unpaired) electrons. The Labute approximate surface area is 155 Å². The summed E-state index contributed by atoms with van der Waals surface area (Å²) >= 11 is 1.57. The predicted octanol–water partition coefficient (Wildman–Crippen LogP) is 5.20. The molecule has 1 N–H and O–H groups in total. The number of amides is 1. The summed E-state index contributed by atoms with van der Waals surface area (Å²) in [5, 5.41) is 3.65. The van der Waals surface area contributed by atoms with Crippen LogP contribution in [0.3, 0.4) is 0 Å². The summed E-state index contributed by atoms with van der Waals surface area (Å²) < 4.78 is 5.27. The molecule has 4 nitrogen and oxygen atoms in total. The number of rotatable bonds is 6. The second-order valence-electron chi connectivity index (χ2n) is 7.89. The van der Waals surface area contributed by atoms with Crippen LogP contribution in [-0.2, 0) is 22.4 Å². The third-order valence-corrected chi connectivity index (χ3v) is 6.15. The largest absolute Gasteiger partial charge is 0.462 e. The molecule has 1 amide bonds. The van der Waals surface area contributed by atoms with Crippen molar-refractivity contribution >= 4 is 28.2 Å². The van der Waals surface area contributed by atoms with Gasteiger partial charge in [0.15, 0.2) is 0 Å². The van der Waals surface area contributed by atoms with Gasteiger partial charge >= 0.3 is 5.97 Å². The summed E-state index contributed by atoms with van der Waals surface area (Å²) in [6.45, 7) is 11.0. The molecule has 1 atom stereocenters. The van der Waals surface area contributed by atoms with E-state index in [0.717, 1.165) is 37.7 Å². The van der Waals surface area contributed by atoms with Crippen molar-refractivity contribution in [3.63, 3.8) is 0 Å². The van der Waals surface area contributed by atoms with Crippen LogP contribution in [0.1, 0.15) is 81.1 Å². The zero-order valence-electron chi connectivity index (χ0n) is 16.2. The van der Waals surface area contributed by atoms with E-state index in [1.807, 2.05) is 6.92 Å². The maximum Gasteiger partial charge on any atom is 0.341 e. The molecule has 5 heteroatoms. The van der Waals surface area contributed by atoms with Crippen LogP contribution in [-0.4, -0.2) is 18.5 Å². The van der Waals surface area contributed by atoms with Gasteiger partial charge in [-0.15, -0.1) is 11.3 Å². The van der Waals surface area contributed by atoms with E-state index in [0.29, 0.717) is 29.5 Å². The second-order valence-corrected chi connectivity index (χ2v) is 8.99. The molecule has 0 spiro atoms. The Morgan fingerprint density at radius 2 is 2.00 bits per heavy atom. The molecule has 2 rings (SSSR count). The number of ether oxygens (including phenoxy) is 1. The predicted molar refractivity (Wildman–Crippen MR) is 103 cm³/mol. The van der Waals surface area contributed by atoms with Crippen molar-refractivity contribution in [2.24, 2.45) is 11.3 Å². The summed E-state index contributed by atoms with van der Waals surface area (Å²) in [5.41, 5.74) is 1.94. The lowest BCUT2D eigenvalue weighted by Crippen LogP contribution is -2.26. The van der Waals surface area contributed by atoms with Gasteiger partial charge in [0.1, 0.15) is 5.00 Å². The quantitative estimate of drug-likeness (QED) is 0.705. The molecule has 0 saturated carbocycles. The van der Waals surface area contributed by atoms with Crippen LogP contribution in [0.15, 0.2) is 0 Å². The molecule has 0 fully saturated rings. The van der Waals surface area contributed by atoms with Gasteiger partial charge in [0.2, 0.25) is 5.91 Å². The molecule has 0 aliphatic heterocycles. The molecule has 1 aromatic heterocycles. The van der Waals surface area contributed by atoms with Gasteiger partial charge in [0, 0.05) is 11.3 Å². The number of hydrogen-bond donors (Lipinski definition) is 1. The monoisotopic (exact) mass is 365 g/mol. The van der Waals surface area contributed by atoms with Crippen molar-refractivity contribution in [3.05, 3.63) is 16.0 Å². The smallest absolute Gasteiger partial charge is 0.341 e. The highest BCUT2D eigenvalue weighted by Gasteiger charge is 2.34. The zero-order valence-corrected chi connectivity index (χ0v) is 17.0. The van der Waals surface area contributed by atoms with E-state index in [4.69, 9.17) is 4.74 Å². The zero-order chi connectivity index (χ0) is 18.6. The minimum atomic E-state index is -0.306. The van der Waals surface area contributed by atoms with Gasteiger partial charge in [-0.1, -0.05) is 34.1 Å². The van der Waals surface area contributed by atoms with Gasteiger partial charge in [-0.05, 0) is 49.5 Å². The van der Waals surface area contributed by atoms with E-state index < -0.39 is 0 Å². The molecule has 0 saturated heterocycles. The fourth-order valence-electron chi connectivity index (χ4n) is 3.36. The lowest BCUT2D eigenvalue weighted by atomic mass is 9.72. The van der Waals surface area contributed by atoms with Crippen LogP contribution in [0.4, 0.5) is 5.00 Å². The topological polar surface area (TPSA) is 55.4 Å². The molecule has 0 aromatic carbocycles. The summed E-state index contributed by atoms with van der Waals surface area (Å²) in [6, 6.07) is 0. The SMILES string of the molecule is CCCCC(=O)Nc1sc2c(c1C(=O)OCC)CC[C@H](C(C)(C)C)C2. The fraction of sp³-hybridized carbons (Fsp3) is 0.700. The first-order valence-corrected chi connectivity index (χ1v) is 10.2. The normalized spacial score (nSPS) is 17.1. The maximum absolute atomic E-state index is 12.5. The number of carbonyl (C=O) groups excluding carboxylic acids is 2. The first kappa shape index (κ1) is 20.0. The third kappa shape index (κ3) is 4.84. The lowest BCUT2D eigenvalue weighted by molar-refractivity contribution is -0.116. The minimum absolute atomic E-state index is 0.0154. The summed E-state index contributed by atoms with van der Waals surface area (Å²) in [4.78, 5) is 25.9. The Morgan fingerprint density at radius 3 is 2.60 bits per heavy atom. The van der Waals surface area contributed by atoms with E-state index in [2.05, 4.69) is 33.0 Å². The first-order valence-electron chi connectivity index (χ1n) is 9.39. The Morgan fingerprint density at radius 1 is 1.28 bits per heavy atom. The van der Waals surface area contributed by atoms with Crippen molar-refractivity contribution < 1.29 is 14.3 Å². The molecule has 25 heavy (non-hydrogen) atoms. The Balaban J connectivity index is 2.31. The third-order valence-electron chi connectivity index (χ3n) is 4.98. The average Bonchev–Trinajstić information content (AvgIpc) is 2.89. The molecule has 140 valence electrons. The lowest BCUT2D eigenvalue weighted by Gasteiger charge is -2.33. The van der Waals surface area contributed by atoms with Gasteiger partial charge in [0.05, 0.1) is 12.2 Å². The van der Waals surface area contributed by atoms with Crippen molar-refractivity contribution in [3.8, 4) is 0 Å². The second kappa shape index (κ2) is 8.35. The number of anilines is 1. The van der Waals surface area contributed by atoms with Crippen molar-refractivity contribution in [2.75, 3.05) is 11.9 Å². The Bertz CT molecular complexity index is 628. The van der Waals surface area contributed by atoms with Crippen molar-refractivity contribution in [2.45, 2.75) is 73.1 Å². The van der Waals surface area contributed by atoms with Gasteiger partial charge < -0.3 is 10.1 Å². The average molecular weight is 366 g/mol. The molecule has 1 heterocycles. The molecular weight excluding hydrogens is 334 g/mol. The fourth-order valence-corrected chi connectivity index (χ4v) is 4.69. The molecule has 0 bridgehead atoms. The summed E-state index contributed by atoms with van der Waals surface area (Å²) in [5.74, 6) is 0.274. The standard InChI is InChI=1S/C20H31NO3S/c1-6-8-9-16(22)21-18-17(19(23)24-7-2)14-11-10-13(20(3,4)5)12-15(14)25-18/h13H,6-12H2,1-5H3,(H,21,22)/t13-/m0/s1. The Hall–Kier alpha value is -1.36. The van der Waals surface area contributed by atoms with Gasteiger partial charge in [0.25, 0.3) is 0 Å². The number of fused-ring (bicyclic) bond motifs is 1.